The van der Waals surface area contributed by atoms with Gasteiger partial charge in [-0.1, -0.05) is 23.7 Å². The highest BCUT2D eigenvalue weighted by Crippen LogP contribution is 2.18. The summed E-state index contributed by atoms with van der Waals surface area (Å²) in [7, 11) is -3.58. The molecular formula is C15H13ClN2O3S. The average molecular weight is 337 g/mol. The van der Waals surface area contributed by atoms with Crippen LogP contribution in [0.1, 0.15) is 5.56 Å². The van der Waals surface area contributed by atoms with E-state index in [1.807, 2.05) is 18.2 Å². The van der Waals surface area contributed by atoms with Crippen LogP contribution in [-0.2, 0) is 16.4 Å². The lowest BCUT2D eigenvalue weighted by Gasteiger charge is -2.07. The van der Waals surface area contributed by atoms with Crippen LogP contribution >= 0.6 is 11.6 Å². The van der Waals surface area contributed by atoms with Crippen LogP contribution in [-0.4, -0.2) is 19.9 Å². The van der Waals surface area contributed by atoms with E-state index in [9.17, 15) is 8.42 Å². The van der Waals surface area contributed by atoms with Crippen LogP contribution in [0.25, 0.3) is 11.1 Å². The number of nitrogens with one attached hydrogen (secondary N) is 1. The number of nitrogens with zero attached hydrogens (tertiary/aromatic N) is 1. The van der Waals surface area contributed by atoms with E-state index in [0.717, 1.165) is 5.56 Å². The van der Waals surface area contributed by atoms with Crippen LogP contribution in [0.5, 0.6) is 0 Å². The first kappa shape index (κ1) is 15.0. The minimum atomic E-state index is -3.58. The van der Waals surface area contributed by atoms with Gasteiger partial charge in [-0.3, -0.25) is 0 Å². The molecule has 114 valence electrons. The van der Waals surface area contributed by atoms with E-state index in [4.69, 9.17) is 16.0 Å². The maximum Gasteiger partial charge on any atom is 0.240 e. The maximum atomic E-state index is 12.3. The largest absolute Gasteiger partial charge is 0.443 e. The fourth-order valence-corrected chi connectivity index (χ4v) is 3.37. The molecule has 1 aromatic heterocycles. The minimum Gasteiger partial charge on any atom is -0.443 e. The predicted octanol–water partition coefficient (Wildman–Crippen LogP) is 3.00. The average Bonchev–Trinajstić information content (AvgIpc) is 2.94. The predicted molar refractivity (Wildman–Crippen MR) is 84.4 cm³/mol. The minimum absolute atomic E-state index is 0.155. The fourth-order valence-electron chi connectivity index (χ4n) is 2.11. The number of halogens is 1. The molecule has 0 spiro atoms. The van der Waals surface area contributed by atoms with Crippen molar-refractivity contribution in [2.24, 2.45) is 0 Å². The van der Waals surface area contributed by atoms with Crippen molar-refractivity contribution in [3.8, 4) is 0 Å². The van der Waals surface area contributed by atoms with Gasteiger partial charge in [-0.25, -0.2) is 18.1 Å². The molecule has 0 saturated carbocycles. The van der Waals surface area contributed by atoms with E-state index >= 15 is 0 Å². The SMILES string of the molecule is O=S(=O)(NCCc1cccc(Cl)c1)c1ccc2ncoc2c1. The first-order valence-electron chi connectivity index (χ1n) is 6.62. The zero-order valence-corrected chi connectivity index (χ0v) is 13.1. The first-order chi connectivity index (χ1) is 10.5. The summed E-state index contributed by atoms with van der Waals surface area (Å²) < 4.78 is 32.2. The molecule has 0 atom stereocenters. The highest BCUT2D eigenvalue weighted by molar-refractivity contribution is 7.89. The Labute approximate surface area is 133 Å². The summed E-state index contributed by atoms with van der Waals surface area (Å²) >= 11 is 5.90. The molecule has 0 aliphatic heterocycles. The Balaban J connectivity index is 1.70. The van der Waals surface area contributed by atoms with Crippen molar-refractivity contribution in [1.29, 1.82) is 0 Å². The van der Waals surface area contributed by atoms with Crippen LogP contribution in [0.2, 0.25) is 5.02 Å². The van der Waals surface area contributed by atoms with Gasteiger partial charge < -0.3 is 4.42 Å². The van der Waals surface area contributed by atoms with Crippen molar-refractivity contribution in [3.05, 3.63) is 59.4 Å². The number of fused-ring (bicyclic) bond motifs is 1. The molecule has 22 heavy (non-hydrogen) atoms. The highest BCUT2D eigenvalue weighted by atomic mass is 35.5. The summed E-state index contributed by atoms with van der Waals surface area (Å²) in [5.41, 5.74) is 2.04. The lowest BCUT2D eigenvalue weighted by molar-refractivity contribution is 0.579. The molecule has 0 saturated heterocycles. The van der Waals surface area contributed by atoms with Crippen molar-refractivity contribution >= 4 is 32.7 Å². The third-order valence-corrected chi connectivity index (χ3v) is 4.90. The Morgan fingerprint density at radius 2 is 2.05 bits per heavy atom. The Kier molecular flexibility index (Phi) is 4.15. The van der Waals surface area contributed by atoms with Crippen molar-refractivity contribution < 1.29 is 12.8 Å². The van der Waals surface area contributed by atoms with Gasteiger partial charge in [-0.2, -0.15) is 0 Å². The van der Waals surface area contributed by atoms with Gasteiger partial charge in [0, 0.05) is 17.6 Å². The number of hydrogen-bond acceptors (Lipinski definition) is 4. The molecule has 3 aromatic rings. The second-order valence-corrected chi connectivity index (χ2v) is 6.96. The molecule has 1 N–H and O–H groups in total. The molecule has 0 unspecified atom stereocenters. The highest BCUT2D eigenvalue weighted by Gasteiger charge is 2.15. The molecule has 5 nitrogen and oxygen atoms in total. The van der Waals surface area contributed by atoms with Crippen LogP contribution in [0.3, 0.4) is 0 Å². The Bertz CT molecular complexity index is 906. The van der Waals surface area contributed by atoms with E-state index in [-0.39, 0.29) is 11.4 Å². The number of hydrogen-bond donors (Lipinski definition) is 1. The summed E-state index contributed by atoms with van der Waals surface area (Å²) in [6.07, 6.45) is 1.85. The van der Waals surface area contributed by atoms with E-state index < -0.39 is 10.0 Å². The number of oxazole rings is 1. The Hall–Kier alpha value is -1.89. The van der Waals surface area contributed by atoms with Gasteiger partial charge in [0.25, 0.3) is 0 Å². The lowest BCUT2D eigenvalue weighted by Crippen LogP contribution is -2.25. The van der Waals surface area contributed by atoms with E-state index in [2.05, 4.69) is 9.71 Å². The van der Waals surface area contributed by atoms with Gasteiger partial charge in [-0.15, -0.1) is 0 Å². The number of sulfonamides is 1. The standard InChI is InChI=1S/C15H13ClN2O3S/c16-12-3-1-2-11(8-12)6-7-18-22(19,20)13-4-5-14-15(9-13)21-10-17-14/h1-5,8-10,18H,6-7H2. The monoisotopic (exact) mass is 336 g/mol. The molecule has 0 aliphatic rings. The van der Waals surface area contributed by atoms with E-state index in [1.165, 1.54) is 18.5 Å². The molecule has 1 heterocycles. The quantitative estimate of drug-likeness (QED) is 0.777. The molecule has 3 rings (SSSR count). The number of rotatable bonds is 5. The lowest BCUT2D eigenvalue weighted by atomic mass is 10.2. The third kappa shape index (κ3) is 3.30. The fraction of sp³-hybridized carbons (Fsp3) is 0.133. The van der Waals surface area contributed by atoms with Gasteiger partial charge in [0.2, 0.25) is 10.0 Å². The summed E-state index contributed by atoms with van der Waals surface area (Å²) in [6, 6.07) is 11.9. The molecular weight excluding hydrogens is 324 g/mol. The molecule has 0 radical (unpaired) electrons. The molecule has 0 aliphatic carbocycles. The van der Waals surface area contributed by atoms with E-state index in [0.29, 0.717) is 22.5 Å². The second-order valence-electron chi connectivity index (χ2n) is 4.76. The van der Waals surface area contributed by atoms with Gasteiger partial charge >= 0.3 is 0 Å². The van der Waals surface area contributed by atoms with Gasteiger partial charge in [0.1, 0.15) is 5.52 Å². The Morgan fingerprint density at radius 1 is 1.18 bits per heavy atom. The molecule has 0 amide bonds. The summed E-state index contributed by atoms with van der Waals surface area (Å²) in [5.74, 6) is 0. The smallest absolute Gasteiger partial charge is 0.240 e. The normalized spacial score (nSPS) is 11.9. The molecule has 0 bridgehead atoms. The van der Waals surface area contributed by atoms with Crippen molar-refractivity contribution in [2.45, 2.75) is 11.3 Å². The van der Waals surface area contributed by atoms with Crippen LogP contribution in [0.15, 0.2) is 58.2 Å². The van der Waals surface area contributed by atoms with Crippen molar-refractivity contribution in [2.75, 3.05) is 6.54 Å². The third-order valence-electron chi connectivity index (χ3n) is 3.21. The second kappa shape index (κ2) is 6.08. The molecule has 2 aromatic carbocycles. The topological polar surface area (TPSA) is 72.2 Å². The summed E-state index contributed by atoms with van der Waals surface area (Å²) in [5, 5.41) is 0.635. The number of aromatic nitrogens is 1. The summed E-state index contributed by atoms with van der Waals surface area (Å²) in [4.78, 5) is 4.11. The van der Waals surface area contributed by atoms with Crippen LogP contribution in [0.4, 0.5) is 0 Å². The van der Waals surface area contributed by atoms with Gasteiger partial charge in [-0.05, 0) is 36.2 Å². The molecule has 7 heteroatoms. The van der Waals surface area contributed by atoms with Gasteiger partial charge in [0.05, 0.1) is 4.90 Å². The Morgan fingerprint density at radius 3 is 2.86 bits per heavy atom. The van der Waals surface area contributed by atoms with Gasteiger partial charge in [0.15, 0.2) is 12.0 Å². The molecule has 0 fully saturated rings. The van der Waals surface area contributed by atoms with Crippen molar-refractivity contribution in [1.82, 2.24) is 9.71 Å². The zero-order chi connectivity index (χ0) is 15.6. The van der Waals surface area contributed by atoms with Crippen molar-refractivity contribution in [3.63, 3.8) is 0 Å². The maximum absolute atomic E-state index is 12.3. The van der Waals surface area contributed by atoms with Crippen LogP contribution in [0, 0.1) is 0 Å². The number of benzene rings is 2. The summed E-state index contributed by atoms with van der Waals surface area (Å²) in [6.45, 7) is 0.289. The first-order valence-corrected chi connectivity index (χ1v) is 8.48. The van der Waals surface area contributed by atoms with Crippen LogP contribution < -0.4 is 4.72 Å². The van der Waals surface area contributed by atoms with E-state index in [1.54, 1.807) is 12.1 Å². The zero-order valence-electron chi connectivity index (χ0n) is 11.5.